The molecule has 0 aliphatic carbocycles. The van der Waals surface area contributed by atoms with Crippen molar-refractivity contribution >= 4 is 11.8 Å². The smallest absolute Gasteiger partial charge is 0.320 e. The van der Waals surface area contributed by atoms with Crippen LogP contribution in [0.4, 0.5) is 10.6 Å². The number of rotatable bonds is 5. The van der Waals surface area contributed by atoms with E-state index < -0.39 is 0 Å². The van der Waals surface area contributed by atoms with Gasteiger partial charge >= 0.3 is 6.03 Å². The second-order valence-electron chi connectivity index (χ2n) is 4.72. The van der Waals surface area contributed by atoms with Gasteiger partial charge in [-0.3, -0.25) is 5.32 Å². The third-order valence-corrected chi connectivity index (χ3v) is 2.89. The summed E-state index contributed by atoms with van der Waals surface area (Å²) in [6, 6.07) is 13.1. The lowest BCUT2D eigenvalue weighted by Gasteiger charge is -2.08. The highest BCUT2D eigenvalue weighted by Crippen LogP contribution is 2.07. The van der Waals surface area contributed by atoms with Gasteiger partial charge in [-0.2, -0.15) is 0 Å². The van der Waals surface area contributed by atoms with E-state index >= 15 is 0 Å². The van der Waals surface area contributed by atoms with Crippen molar-refractivity contribution in [1.29, 1.82) is 0 Å². The molecule has 1 heterocycles. The summed E-state index contributed by atoms with van der Waals surface area (Å²) in [6.45, 7) is 2.90. The lowest BCUT2D eigenvalue weighted by Crippen LogP contribution is -2.28. The first-order valence-electron chi connectivity index (χ1n) is 6.72. The molecule has 0 saturated heterocycles. The third-order valence-electron chi connectivity index (χ3n) is 2.89. The molecule has 21 heavy (non-hydrogen) atoms. The number of carbonyl (C=O) groups excluding carboxylic acids is 1. The number of hydrogen-bond donors (Lipinski definition) is 2. The average molecular weight is 285 g/mol. The number of anilines is 1. The van der Waals surface area contributed by atoms with Crippen molar-refractivity contribution in [2.45, 2.75) is 20.1 Å². The number of aromatic nitrogens is 1. The maximum absolute atomic E-state index is 11.8. The van der Waals surface area contributed by atoms with E-state index in [1.165, 1.54) is 0 Å². The van der Waals surface area contributed by atoms with Crippen LogP contribution in [0.1, 0.15) is 16.8 Å². The van der Waals surface area contributed by atoms with Gasteiger partial charge in [-0.05, 0) is 30.2 Å². The van der Waals surface area contributed by atoms with Crippen LogP contribution in [0.3, 0.4) is 0 Å². The number of nitrogens with zero attached hydrogens (tertiary/aromatic N) is 1. The van der Waals surface area contributed by atoms with E-state index in [4.69, 9.17) is 4.74 Å². The van der Waals surface area contributed by atoms with Gasteiger partial charge < -0.3 is 10.1 Å². The van der Waals surface area contributed by atoms with Crippen molar-refractivity contribution < 1.29 is 9.53 Å². The van der Waals surface area contributed by atoms with E-state index in [-0.39, 0.29) is 6.03 Å². The highest BCUT2D eigenvalue weighted by Gasteiger charge is 2.03. The summed E-state index contributed by atoms with van der Waals surface area (Å²) in [5.74, 6) is 0.542. The maximum Gasteiger partial charge on any atom is 0.320 e. The molecular formula is C16H19N3O2. The predicted octanol–water partition coefficient (Wildman–Crippen LogP) is 2.86. The van der Waals surface area contributed by atoms with Gasteiger partial charge in [0.05, 0.1) is 6.61 Å². The molecular weight excluding hydrogens is 266 g/mol. The summed E-state index contributed by atoms with van der Waals surface area (Å²) in [7, 11) is 1.66. The Balaban J connectivity index is 1.87. The fraction of sp³-hybridized carbons (Fsp3) is 0.250. The minimum atomic E-state index is -0.273. The van der Waals surface area contributed by atoms with Crippen molar-refractivity contribution in [3.8, 4) is 0 Å². The number of nitrogens with one attached hydrogen (secondary N) is 2. The Hall–Kier alpha value is -2.40. The Bertz CT molecular complexity index is 614. The molecule has 2 rings (SSSR count). The van der Waals surface area contributed by atoms with Gasteiger partial charge in [-0.25, -0.2) is 9.78 Å². The molecule has 0 aliphatic rings. The average Bonchev–Trinajstić information content (AvgIpc) is 2.46. The molecule has 0 bridgehead atoms. The molecule has 0 aliphatic heterocycles. The monoisotopic (exact) mass is 285 g/mol. The van der Waals surface area contributed by atoms with Crippen LogP contribution in [0.15, 0.2) is 42.5 Å². The van der Waals surface area contributed by atoms with Crippen molar-refractivity contribution in [2.75, 3.05) is 12.4 Å². The van der Waals surface area contributed by atoms with E-state index in [2.05, 4.69) is 15.6 Å². The van der Waals surface area contributed by atoms with Gasteiger partial charge in [0.2, 0.25) is 0 Å². The molecule has 0 unspecified atom stereocenters. The van der Waals surface area contributed by atoms with Crippen LogP contribution in [0, 0.1) is 6.92 Å². The van der Waals surface area contributed by atoms with Gasteiger partial charge in [0.1, 0.15) is 5.82 Å². The Morgan fingerprint density at radius 3 is 2.71 bits per heavy atom. The fourth-order valence-electron chi connectivity index (χ4n) is 1.95. The van der Waals surface area contributed by atoms with Crippen LogP contribution in [-0.4, -0.2) is 18.1 Å². The van der Waals surface area contributed by atoms with Gasteiger partial charge in [-0.1, -0.05) is 30.3 Å². The lowest BCUT2D eigenvalue weighted by atomic mass is 10.1. The Kier molecular flexibility index (Phi) is 5.29. The SMILES string of the molecule is COCc1cccc(CNC(=O)Nc2cccc(C)n2)c1. The molecule has 2 aromatic rings. The molecule has 5 heteroatoms. The molecule has 110 valence electrons. The molecule has 1 aromatic heterocycles. The number of urea groups is 1. The van der Waals surface area contributed by atoms with Gasteiger partial charge in [-0.15, -0.1) is 0 Å². The topological polar surface area (TPSA) is 63.2 Å². The first-order chi connectivity index (χ1) is 10.2. The highest BCUT2D eigenvalue weighted by atomic mass is 16.5. The summed E-state index contributed by atoms with van der Waals surface area (Å²) in [5, 5.41) is 5.51. The lowest BCUT2D eigenvalue weighted by molar-refractivity contribution is 0.185. The number of amides is 2. The van der Waals surface area contributed by atoms with Crippen LogP contribution in [0.5, 0.6) is 0 Å². The molecule has 0 radical (unpaired) electrons. The van der Waals surface area contributed by atoms with Gasteiger partial charge in [0.15, 0.2) is 0 Å². The molecule has 0 fully saturated rings. The van der Waals surface area contributed by atoms with E-state index in [0.29, 0.717) is 19.0 Å². The Morgan fingerprint density at radius 2 is 1.95 bits per heavy atom. The number of hydrogen-bond acceptors (Lipinski definition) is 3. The fourth-order valence-corrected chi connectivity index (χ4v) is 1.95. The van der Waals surface area contributed by atoms with Crippen LogP contribution >= 0.6 is 0 Å². The second-order valence-corrected chi connectivity index (χ2v) is 4.72. The summed E-state index contributed by atoms with van der Waals surface area (Å²) < 4.78 is 5.09. The van der Waals surface area contributed by atoms with E-state index in [0.717, 1.165) is 16.8 Å². The molecule has 5 nitrogen and oxygen atoms in total. The number of benzene rings is 1. The molecule has 1 aromatic carbocycles. The van der Waals surface area contributed by atoms with Crippen molar-refractivity contribution in [1.82, 2.24) is 10.3 Å². The third kappa shape index (κ3) is 4.89. The van der Waals surface area contributed by atoms with Crippen LogP contribution < -0.4 is 10.6 Å². The quantitative estimate of drug-likeness (QED) is 0.888. The second kappa shape index (κ2) is 7.40. The molecule has 0 spiro atoms. The van der Waals surface area contributed by atoms with Gasteiger partial charge in [0.25, 0.3) is 0 Å². The van der Waals surface area contributed by atoms with Crippen LogP contribution in [0.2, 0.25) is 0 Å². The summed E-state index contributed by atoms with van der Waals surface area (Å²) in [6.07, 6.45) is 0. The van der Waals surface area contributed by atoms with Crippen LogP contribution in [-0.2, 0) is 17.9 Å². The Labute approximate surface area is 124 Å². The standard InChI is InChI=1S/C16H19N3O2/c1-12-5-3-8-15(18-12)19-16(20)17-10-13-6-4-7-14(9-13)11-21-2/h3-9H,10-11H2,1-2H3,(H2,17,18,19,20). The molecule has 2 N–H and O–H groups in total. The van der Waals surface area contributed by atoms with Crippen molar-refractivity contribution in [3.05, 3.63) is 59.3 Å². The van der Waals surface area contributed by atoms with Crippen molar-refractivity contribution in [2.24, 2.45) is 0 Å². The summed E-state index contributed by atoms with van der Waals surface area (Å²) >= 11 is 0. The van der Waals surface area contributed by atoms with E-state index in [1.54, 1.807) is 13.2 Å². The molecule has 0 saturated carbocycles. The van der Waals surface area contributed by atoms with E-state index in [1.807, 2.05) is 43.3 Å². The highest BCUT2D eigenvalue weighted by molar-refractivity contribution is 5.88. The molecule has 0 atom stereocenters. The normalized spacial score (nSPS) is 10.2. The van der Waals surface area contributed by atoms with Gasteiger partial charge in [0, 0.05) is 19.3 Å². The first kappa shape index (κ1) is 15.0. The summed E-state index contributed by atoms with van der Waals surface area (Å²) in [4.78, 5) is 16.0. The van der Waals surface area contributed by atoms with Crippen LogP contribution in [0.25, 0.3) is 0 Å². The summed E-state index contributed by atoms with van der Waals surface area (Å²) in [5.41, 5.74) is 2.97. The minimum Gasteiger partial charge on any atom is -0.380 e. The Morgan fingerprint density at radius 1 is 1.19 bits per heavy atom. The number of carbonyl (C=O) groups is 1. The minimum absolute atomic E-state index is 0.273. The number of methoxy groups -OCH3 is 1. The van der Waals surface area contributed by atoms with Crippen molar-refractivity contribution in [3.63, 3.8) is 0 Å². The molecule has 2 amide bonds. The van der Waals surface area contributed by atoms with E-state index in [9.17, 15) is 4.79 Å². The zero-order valence-electron chi connectivity index (χ0n) is 12.2. The number of pyridine rings is 1. The maximum atomic E-state index is 11.8. The zero-order chi connectivity index (χ0) is 15.1. The number of ether oxygens (including phenoxy) is 1. The largest absolute Gasteiger partial charge is 0.380 e. The number of aryl methyl sites for hydroxylation is 1. The first-order valence-corrected chi connectivity index (χ1v) is 6.72. The zero-order valence-corrected chi connectivity index (χ0v) is 12.2. The predicted molar refractivity (Wildman–Crippen MR) is 82.0 cm³/mol.